The predicted molar refractivity (Wildman–Crippen MR) is 138 cm³/mol. The Morgan fingerprint density at radius 1 is 1.14 bits per heavy atom. The number of nitrogens with zero attached hydrogens (tertiary/aromatic N) is 1. The molecule has 2 aromatic carbocycles. The Balaban J connectivity index is 1.61. The molecule has 1 aliphatic heterocycles. The molecule has 0 unspecified atom stereocenters. The van der Waals surface area contributed by atoms with Crippen LogP contribution in [-0.4, -0.2) is 40.6 Å². The number of aryl methyl sites for hydroxylation is 2. The highest BCUT2D eigenvalue weighted by atomic mass is 35.5. The first-order chi connectivity index (χ1) is 16.6. The van der Waals surface area contributed by atoms with Gasteiger partial charge in [-0.25, -0.2) is 12.8 Å². The Morgan fingerprint density at radius 3 is 2.54 bits per heavy atom. The number of carbonyl (C=O) groups is 1. The first-order valence-corrected chi connectivity index (χ1v) is 13.6. The number of thiophene rings is 1. The number of halogens is 2. The van der Waals surface area contributed by atoms with Gasteiger partial charge >= 0.3 is 0 Å². The molecule has 0 spiro atoms. The first kappa shape index (κ1) is 25.4. The van der Waals surface area contributed by atoms with Crippen LogP contribution in [0.1, 0.15) is 26.4 Å². The number of hydrogen-bond donors (Lipinski definition) is 2. The minimum Gasteiger partial charge on any atom is -0.378 e. The molecule has 11 heteroatoms. The topological polar surface area (TPSA) is 87.7 Å². The van der Waals surface area contributed by atoms with E-state index in [1.165, 1.54) is 18.2 Å². The number of morpholine rings is 1. The molecule has 1 fully saturated rings. The fourth-order valence-corrected chi connectivity index (χ4v) is 6.42. The van der Waals surface area contributed by atoms with Crippen molar-refractivity contribution in [3.8, 4) is 0 Å². The third-order valence-electron chi connectivity index (χ3n) is 5.75. The van der Waals surface area contributed by atoms with E-state index >= 15 is 0 Å². The molecule has 1 amide bonds. The van der Waals surface area contributed by atoms with Crippen LogP contribution < -0.4 is 14.9 Å². The summed E-state index contributed by atoms with van der Waals surface area (Å²) in [6.45, 7) is 7.94. The lowest BCUT2D eigenvalue weighted by Gasteiger charge is -2.32. The average Bonchev–Trinajstić information content (AvgIpc) is 3.24. The Labute approximate surface area is 212 Å². The maximum absolute atomic E-state index is 14.3. The van der Waals surface area contributed by atoms with Crippen LogP contribution in [-0.2, 0) is 14.8 Å². The van der Waals surface area contributed by atoms with Gasteiger partial charge in [0.2, 0.25) is 0 Å². The normalized spacial score (nSPS) is 14.1. The van der Waals surface area contributed by atoms with Crippen LogP contribution in [0, 0.1) is 26.6 Å². The zero-order valence-electron chi connectivity index (χ0n) is 19.4. The third-order valence-corrected chi connectivity index (χ3v) is 8.35. The monoisotopic (exact) mass is 537 g/mol. The first-order valence-electron chi connectivity index (χ1n) is 10.9. The van der Waals surface area contributed by atoms with Gasteiger partial charge in [0.15, 0.2) is 0 Å². The second-order valence-corrected chi connectivity index (χ2v) is 11.3. The fraction of sp³-hybridized carbons (Fsp3) is 0.292. The van der Waals surface area contributed by atoms with Crippen molar-refractivity contribution in [1.29, 1.82) is 0 Å². The highest BCUT2D eigenvalue weighted by molar-refractivity contribution is 7.92. The molecule has 2 heterocycles. The zero-order chi connectivity index (χ0) is 25.3. The van der Waals surface area contributed by atoms with E-state index in [0.717, 1.165) is 34.2 Å². The van der Waals surface area contributed by atoms with Crippen LogP contribution in [0.5, 0.6) is 0 Å². The van der Waals surface area contributed by atoms with E-state index < -0.39 is 26.6 Å². The Morgan fingerprint density at radius 2 is 1.86 bits per heavy atom. The standard InChI is InChI=1S/C24H25ClFN3O4S2/c1-14-4-5-20(18(26)12-14)35(31,32)28-19-6-11-34-23(19)24(30)27-21-15(2)13-17(25)22(16(21)3)29-7-9-33-10-8-29/h4-6,11-13,28H,7-10H2,1-3H3,(H,27,30). The smallest absolute Gasteiger partial charge is 0.267 e. The summed E-state index contributed by atoms with van der Waals surface area (Å²) < 4.78 is 47.7. The van der Waals surface area contributed by atoms with Crippen molar-refractivity contribution in [1.82, 2.24) is 0 Å². The van der Waals surface area contributed by atoms with Crippen molar-refractivity contribution in [2.45, 2.75) is 25.7 Å². The van der Waals surface area contributed by atoms with Gasteiger partial charge in [-0.2, -0.15) is 0 Å². The molecule has 0 bridgehead atoms. The SMILES string of the molecule is Cc1ccc(S(=O)(=O)Nc2ccsc2C(=O)Nc2c(C)cc(Cl)c(N3CCOCC3)c2C)c(F)c1. The number of amides is 1. The van der Waals surface area contributed by atoms with Crippen molar-refractivity contribution in [3.63, 3.8) is 0 Å². The van der Waals surface area contributed by atoms with Gasteiger partial charge in [0.25, 0.3) is 15.9 Å². The number of ether oxygens (including phenoxy) is 1. The maximum atomic E-state index is 14.3. The van der Waals surface area contributed by atoms with Crippen LogP contribution in [0.4, 0.5) is 21.5 Å². The highest BCUT2D eigenvalue weighted by Gasteiger charge is 2.25. The number of carbonyl (C=O) groups excluding carboxylic acids is 1. The molecule has 2 N–H and O–H groups in total. The maximum Gasteiger partial charge on any atom is 0.267 e. The summed E-state index contributed by atoms with van der Waals surface area (Å²) in [6, 6.07) is 7.13. The molecule has 0 aliphatic carbocycles. The van der Waals surface area contributed by atoms with Crippen molar-refractivity contribution in [3.05, 3.63) is 68.1 Å². The molecule has 3 aromatic rings. The lowest BCUT2D eigenvalue weighted by atomic mass is 10.0. The Kier molecular flexibility index (Phi) is 7.37. The van der Waals surface area contributed by atoms with Crippen molar-refractivity contribution in [2.75, 3.05) is 41.2 Å². The molecule has 35 heavy (non-hydrogen) atoms. The molecule has 0 saturated carbocycles. The van der Waals surface area contributed by atoms with Crippen LogP contribution in [0.15, 0.2) is 40.6 Å². The molecule has 0 radical (unpaired) electrons. The summed E-state index contributed by atoms with van der Waals surface area (Å²) in [5.74, 6) is -1.34. The number of rotatable bonds is 6. The number of benzene rings is 2. The molecule has 1 saturated heterocycles. The van der Waals surface area contributed by atoms with E-state index in [-0.39, 0.29) is 10.6 Å². The van der Waals surface area contributed by atoms with E-state index in [2.05, 4.69) is 14.9 Å². The summed E-state index contributed by atoms with van der Waals surface area (Å²) in [7, 11) is -4.24. The lowest BCUT2D eigenvalue weighted by Crippen LogP contribution is -2.37. The van der Waals surface area contributed by atoms with Crippen LogP contribution >= 0.6 is 22.9 Å². The molecule has 1 aliphatic rings. The van der Waals surface area contributed by atoms with E-state index in [9.17, 15) is 17.6 Å². The number of sulfonamides is 1. The molecule has 1 aromatic heterocycles. The summed E-state index contributed by atoms with van der Waals surface area (Å²) in [4.78, 5) is 15.0. The van der Waals surface area contributed by atoms with Gasteiger partial charge in [0.05, 0.1) is 29.6 Å². The predicted octanol–water partition coefficient (Wildman–Crippen LogP) is 5.36. The molecule has 4 rings (SSSR count). The number of anilines is 3. The second kappa shape index (κ2) is 10.1. The Hall–Kier alpha value is -2.66. The van der Waals surface area contributed by atoms with E-state index in [0.29, 0.717) is 42.6 Å². The van der Waals surface area contributed by atoms with Crippen LogP contribution in [0.3, 0.4) is 0 Å². The van der Waals surface area contributed by atoms with Gasteiger partial charge in [-0.1, -0.05) is 17.7 Å². The summed E-state index contributed by atoms with van der Waals surface area (Å²) in [5.41, 5.74) is 3.70. The van der Waals surface area contributed by atoms with Gasteiger partial charge in [-0.15, -0.1) is 11.3 Å². The van der Waals surface area contributed by atoms with Crippen LogP contribution in [0.2, 0.25) is 5.02 Å². The van der Waals surface area contributed by atoms with E-state index in [4.69, 9.17) is 16.3 Å². The van der Waals surface area contributed by atoms with Gasteiger partial charge in [0.1, 0.15) is 15.6 Å². The highest BCUT2D eigenvalue weighted by Crippen LogP contribution is 2.38. The fourth-order valence-electron chi connectivity index (χ4n) is 4.05. The molecular formula is C24H25ClFN3O4S2. The molecule has 0 atom stereocenters. The minimum absolute atomic E-state index is 0.0742. The van der Waals surface area contributed by atoms with Crippen molar-refractivity contribution >= 4 is 55.9 Å². The third kappa shape index (κ3) is 5.30. The summed E-state index contributed by atoms with van der Waals surface area (Å²) >= 11 is 7.64. The van der Waals surface area contributed by atoms with Gasteiger partial charge in [0, 0.05) is 18.8 Å². The molecule has 7 nitrogen and oxygen atoms in total. The van der Waals surface area contributed by atoms with E-state index in [1.54, 1.807) is 18.4 Å². The molecule has 186 valence electrons. The average molecular weight is 538 g/mol. The number of hydrogen-bond acceptors (Lipinski definition) is 6. The zero-order valence-corrected chi connectivity index (χ0v) is 21.8. The number of nitrogens with one attached hydrogen (secondary N) is 2. The van der Waals surface area contributed by atoms with Crippen LogP contribution in [0.25, 0.3) is 0 Å². The van der Waals surface area contributed by atoms with Gasteiger partial charge < -0.3 is 15.0 Å². The van der Waals surface area contributed by atoms with E-state index in [1.807, 2.05) is 13.8 Å². The summed E-state index contributed by atoms with van der Waals surface area (Å²) in [6.07, 6.45) is 0. The minimum atomic E-state index is -4.24. The Bertz CT molecular complexity index is 1390. The van der Waals surface area contributed by atoms with Crippen molar-refractivity contribution in [2.24, 2.45) is 0 Å². The quantitative estimate of drug-likeness (QED) is 0.442. The van der Waals surface area contributed by atoms with Gasteiger partial charge in [-0.3, -0.25) is 9.52 Å². The molecular weight excluding hydrogens is 513 g/mol. The lowest BCUT2D eigenvalue weighted by molar-refractivity contribution is 0.103. The van der Waals surface area contributed by atoms with Gasteiger partial charge in [-0.05, 0) is 67.1 Å². The second-order valence-electron chi connectivity index (χ2n) is 8.28. The summed E-state index contributed by atoms with van der Waals surface area (Å²) in [5, 5.41) is 5.10. The largest absolute Gasteiger partial charge is 0.378 e. The van der Waals surface area contributed by atoms with Crippen molar-refractivity contribution < 1.29 is 22.3 Å².